The summed E-state index contributed by atoms with van der Waals surface area (Å²) >= 11 is 0. The first kappa shape index (κ1) is 11.8. The highest BCUT2D eigenvalue weighted by Crippen LogP contribution is 2.22. The van der Waals surface area contributed by atoms with Gasteiger partial charge in [-0.25, -0.2) is 0 Å². The zero-order valence-electron chi connectivity index (χ0n) is 9.92. The SMILES string of the molecule is Cc1cc(C)cc(CC(C)(C)C(N)=O)c1. The van der Waals surface area contributed by atoms with Crippen molar-refractivity contribution in [2.24, 2.45) is 11.1 Å². The topological polar surface area (TPSA) is 43.1 Å². The summed E-state index contributed by atoms with van der Waals surface area (Å²) in [5, 5.41) is 0. The standard InChI is InChI=1S/C13H19NO/c1-9-5-10(2)7-11(6-9)8-13(3,4)12(14)15/h5-7H,8H2,1-4H3,(H2,14,15). The number of primary amides is 1. The molecular formula is C13H19NO. The molecule has 0 aliphatic heterocycles. The van der Waals surface area contributed by atoms with Gasteiger partial charge in [0.2, 0.25) is 5.91 Å². The Morgan fingerprint density at radius 1 is 1.20 bits per heavy atom. The minimum absolute atomic E-state index is 0.248. The van der Waals surface area contributed by atoms with Crippen LogP contribution in [0.15, 0.2) is 18.2 Å². The highest BCUT2D eigenvalue weighted by Gasteiger charge is 2.25. The molecule has 0 aliphatic carbocycles. The molecule has 0 saturated carbocycles. The molecule has 15 heavy (non-hydrogen) atoms. The summed E-state index contributed by atoms with van der Waals surface area (Å²) in [5.74, 6) is -0.248. The normalized spacial score (nSPS) is 11.5. The zero-order valence-corrected chi connectivity index (χ0v) is 9.92. The minimum atomic E-state index is -0.472. The summed E-state index contributed by atoms with van der Waals surface area (Å²) < 4.78 is 0. The van der Waals surface area contributed by atoms with Crippen molar-refractivity contribution in [1.82, 2.24) is 0 Å². The lowest BCUT2D eigenvalue weighted by molar-refractivity contribution is -0.125. The number of hydrogen-bond acceptors (Lipinski definition) is 1. The van der Waals surface area contributed by atoms with Crippen LogP contribution in [0, 0.1) is 19.3 Å². The quantitative estimate of drug-likeness (QED) is 0.808. The fourth-order valence-corrected chi connectivity index (χ4v) is 1.77. The minimum Gasteiger partial charge on any atom is -0.369 e. The average Bonchev–Trinajstić information content (AvgIpc) is 1.99. The summed E-state index contributed by atoms with van der Waals surface area (Å²) in [4.78, 5) is 11.2. The second-order valence-corrected chi connectivity index (χ2v) is 4.92. The predicted molar refractivity (Wildman–Crippen MR) is 62.6 cm³/mol. The smallest absolute Gasteiger partial charge is 0.223 e. The van der Waals surface area contributed by atoms with Gasteiger partial charge in [-0.3, -0.25) is 4.79 Å². The number of carbonyl (C=O) groups is 1. The van der Waals surface area contributed by atoms with Gasteiger partial charge < -0.3 is 5.73 Å². The molecule has 0 fully saturated rings. The van der Waals surface area contributed by atoms with Gasteiger partial charge in [0.05, 0.1) is 0 Å². The van der Waals surface area contributed by atoms with Crippen LogP contribution in [0.25, 0.3) is 0 Å². The average molecular weight is 205 g/mol. The van der Waals surface area contributed by atoms with Gasteiger partial charge in [0, 0.05) is 5.41 Å². The molecule has 1 aromatic carbocycles. The number of aryl methyl sites for hydroxylation is 2. The van der Waals surface area contributed by atoms with Gasteiger partial charge in [0.25, 0.3) is 0 Å². The lowest BCUT2D eigenvalue weighted by Crippen LogP contribution is -2.33. The van der Waals surface area contributed by atoms with E-state index in [2.05, 4.69) is 32.0 Å². The van der Waals surface area contributed by atoms with Crippen LogP contribution < -0.4 is 5.73 Å². The number of benzene rings is 1. The molecule has 82 valence electrons. The number of amides is 1. The third-order valence-electron chi connectivity index (χ3n) is 2.59. The zero-order chi connectivity index (χ0) is 11.6. The van der Waals surface area contributed by atoms with E-state index in [1.165, 1.54) is 16.7 Å². The number of rotatable bonds is 3. The fourth-order valence-electron chi connectivity index (χ4n) is 1.77. The second-order valence-electron chi connectivity index (χ2n) is 4.92. The molecule has 2 heteroatoms. The van der Waals surface area contributed by atoms with Gasteiger partial charge in [0.1, 0.15) is 0 Å². The molecule has 1 amide bonds. The van der Waals surface area contributed by atoms with E-state index in [9.17, 15) is 4.79 Å². The molecule has 0 bridgehead atoms. The van der Waals surface area contributed by atoms with Crippen molar-refractivity contribution in [1.29, 1.82) is 0 Å². The first-order valence-electron chi connectivity index (χ1n) is 5.18. The van der Waals surface area contributed by atoms with E-state index in [0.717, 1.165) is 0 Å². The number of hydrogen-bond donors (Lipinski definition) is 1. The molecule has 2 N–H and O–H groups in total. The lowest BCUT2D eigenvalue weighted by Gasteiger charge is -2.20. The van der Waals surface area contributed by atoms with E-state index in [1.54, 1.807) is 0 Å². The van der Waals surface area contributed by atoms with E-state index in [0.29, 0.717) is 6.42 Å². The van der Waals surface area contributed by atoms with E-state index < -0.39 is 5.41 Å². The Bertz CT molecular complexity index is 360. The number of nitrogens with two attached hydrogens (primary N) is 1. The van der Waals surface area contributed by atoms with Gasteiger partial charge in [0.15, 0.2) is 0 Å². The van der Waals surface area contributed by atoms with E-state index in [4.69, 9.17) is 5.73 Å². The number of carbonyl (C=O) groups excluding carboxylic acids is 1. The molecule has 0 heterocycles. The largest absolute Gasteiger partial charge is 0.369 e. The molecule has 1 rings (SSSR count). The molecule has 0 aromatic heterocycles. The maximum Gasteiger partial charge on any atom is 0.223 e. The van der Waals surface area contributed by atoms with Crippen LogP contribution in [0.2, 0.25) is 0 Å². The van der Waals surface area contributed by atoms with Crippen molar-refractivity contribution in [3.8, 4) is 0 Å². The Kier molecular flexibility index (Phi) is 3.18. The Balaban J connectivity index is 2.94. The van der Waals surface area contributed by atoms with Gasteiger partial charge in [-0.05, 0) is 25.8 Å². The molecular weight excluding hydrogens is 186 g/mol. The molecule has 0 saturated heterocycles. The molecule has 0 radical (unpaired) electrons. The first-order chi connectivity index (χ1) is 6.81. The van der Waals surface area contributed by atoms with Crippen LogP contribution >= 0.6 is 0 Å². The Labute approximate surface area is 91.5 Å². The van der Waals surface area contributed by atoms with Crippen molar-refractivity contribution in [3.63, 3.8) is 0 Å². The lowest BCUT2D eigenvalue weighted by atomic mass is 9.84. The van der Waals surface area contributed by atoms with E-state index in [1.807, 2.05) is 13.8 Å². The van der Waals surface area contributed by atoms with Gasteiger partial charge in [-0.15, -0.1) is 0 Å². The van der Waals surface area contributed by atoms with Crippen molar-refractivity contribution in [2.75, 3.05) is 0 Å². The molecule has 1 aromatic rings. The molecule has 2 nitrogen and oxygen atoms in total. The molecule has 0 spiro atoms. The summed E-state index contributed by atoms with van der Waals surface area (Å²) in [5.41, 5.74) is 8.51. The van der Waals surface area contributed by atoms with Crippen LogP contribution in [0.4, 0.5) is 0 Å². The van der Waals surface area contributed by atoms with Crippen molar-refractivity contribution in [3.05, 3.63) is 34.9 Å². The van der Waals surface area contributed by atoms with Gasteiger partial charge in [-0.1, -0.05) is 43.2 Å². The third-order valence-corrected chi connectivity index (χ3v) is 2.59. The van der Waals surface area contributed by atoms with Crippen molar-refractivity contribution in [2.45, 2.75) is 34.1 Å². The Hall–Kier alpha value is -1.31. The summed E-state index contributed by atoms with van der Waals surface area (Å²) in [6.07, 6.45) is 0.699. The van der Waals surface area contributed by atoms with Crippen LogP contribution in [-0.4, -0.2) is 5.91 Å². The third kappa shape index (κ3) is 3.08. The monoisotopic (exact) mass is 205 g/mol. The van der Waals surface area contributed by atoms with Crippen molar-refractivity contribution >= 4 is 5.91 Å². The second kappa shape index (κ2) is 4.05. The maximum atomic E-state index is 11.2. The highest BCUT2D eigenvalue weighted by atomic mass is 16.1. The maximum absolute atomic E-state index is 11.2. The molecule has 0 atom stereocenters. The molecule has 0 aliphatic rings. The van der Waals surface area contributed by atoms with E-state index >= 15 is 0 Å². The summed E-state index contributed by atoms with van der Waals surface area (Å²) in [7, 11) is 0. The van der Waals surface area contributed by atoms with Crippen LogP contribution in [0.1, 0.15) is 30.5 Å². The van der Waals surface area contributed by atoms with Gasteiger partial charge >= 0.3 is 0 Å². The van der Waals surface area contributed by atoms with Crippen LogP contribution in [0.5, 0.6) is 0 Å². The summed E-state index contributed by atoms with van der Waals surface area (Å²) in [6, 6.07) is 6.34. The molecule has 0 unspecified atom stereocenters. The first-order valence-corrected chi connectivity index (χ1v) is 5.18. The van der Waals surface area contributed by atoms with Crippen LogP contribution in [0.3, 0.4) is 0 Å². The fraction of sp³-hybridized carbons (Fsp3) is 0.462. The Morgan fingerprint density at radius 2 is 1.67 bits per heavy atom. The predicted octanol–water partition coefficient (Wildman–Crippen LogP) is 2.36. The highest BCUT2D eigenvalue weighted by molar-refractivity contribution is 5.80. The van der Waals surface area contributed by atoms with Crippen molar-refractivity contribution < 1.29 is 4.79 Å². The van der Waals surface area contributed by atoms with Crippen LogP contribution in [-0.2, 0) is 11.2 Å². The van der Waals surface area contributed by atoms with Gasteiger partial charge in [-0.2, -0.15) is 0 Å². The summed E-state index contributed by atoms with van der Waals surface area (Å²) in [6.45, 7) is 7.89. The van der Waals surface area contributed by atoms with E-state index in [-0.39, 0.29) is 5.91 Å². The Morgan fingerprint density at radius 3 is 2.07 bits per heavy atom.